The third-order valence-electron chi connectivity index (χ3n) is 3.75. The van der Waals surface area contributed by atoms with Crippen LogP contribution in [0.4, 0.5) is 0 Å². The number of hydrogen-bond acceptors (Lipinski definition) is 4. The largest absolute Gasteiger partial charge is 0.480 e. The third kappa shape index (κ3) is 2.10. The van der Waals surface area contributed by atoms with Crippen LogP contribution in [0, 0.1) is 5.92 Å². The number of rotatable bonds is 2. The van der Waals surface area contributed by atoms with Gasteiger partial charge in [0.2, 0.25) is 5.91 Å². The number of hydrogen-bond donors (Lipinski definition) is 2. The average Bonchev–Trinajstić information content (AvgIpc) is 3.06. The molecule has 7 heteroatoms. The normalized spacial score (nSPS) is 26.2. The molecule has 0 aromatic carbocycles. The van der Waals surface area contributed by atoms with Crippen LogP contribution in [0.25, 0.3) is 0 Å². The molecule has 1 aromatic rings. The van der Waals surface area contributed by atoms with Gasteiger partial charge in [0.25, 0.3) is 0 Å². The van der Waals surface area contributed by atoms with Crippen molar-refractivity contribution < 1.29 is 19.4 Å². The number of nitrogens with zero attached hydrogens (tertiary/aromatic N) is 2. The Labute approximate surface area is 109 Å². The number of fused-ring (bicyclic) bond motifs is 1. The van der Waals surface area contributed by atoms with Gasteiger partial charge in [0, 0.05) is 13.0 Å². The molecule has 0 spiro atoms. The quantitative estimate of drug-likeness (QED) is 0.771. The number of nitrogens with one attached hydrogen (secondary N) is 1. The first-order valence-corrected chi connectivity index (χ1v) is 6.29. The first-order valence-electron chi connectivity index (χ1n) is 6.29. The molecule has 0 bridgehead atoms. The summed E-state index contributed by atoms with van der Waals surface area (Å²) in [6.07, 6.45) is 2.46. The number of imidazole rings is 1. The lowest BCUT2D eigenvalue weighted by Crippen LogP contribution is -2.50. The van der Waals surface area contributed by atoms with Crippen LogP contribution in [0.3, 0.4) is 0 Å². The van der Waals surface area contributed by atoms with Crippen molar-refractivity contribution in [2.24, 2.45) is 5.92 Å². The maximum atomic E-state index is 12.4. The summed E-state index contributed by atoms with van der Waals surface area (Å²) in [5, 5.41) is 9.30. The Kier molecular flexibility index (Phi) is 2.98. The highest BCUT2D eigenvalue weighted by Crippen LogP contribution is 2.25. The molecule has 7 nitrogen and oxygen atoms in total. The van der Waals surface area contributed by atoms with Gasteiger partial charge < -0.3 is 19.7 Å². The number of carbonyl (C=O) groups excluding carboxylic acids is 1. The van der Waals surface area contributed by atoms with Crippen molar-refractivity contribution >= 4 is 11.9 Å². The first kappa shape index (κ1) is 12.2. The predicted molar refractivity (Wildman–Crippen MR) is 63.2 cm³/mol. The molecular formula is C12H15N3O4. The van der Waals surface area contributed by atoms with E-state index in [9.17, 15) is 14.7 Å². The van der Waals surface area contributed by atoms with E-state index in [0.29, 0.717) is 19.6 Å². The van der Waals surface area contributed by atoms with Crippen LogP contribution in [0.15, 0.2) is 6.33 Å². The van der Waals surface area contributed by atoms with Crippen LogP contribution in [-0.4, -0.2) is 51.1 Å². The van der Waals surface area contributed by atoms with E-state index in [1.165, 1.54) is 11.2 Å². The Morgan fingerprint density at radius 2 is 2.37 bits per heavy atom. The minimum atomic E-state index is -0.985. The lowest BCUT2D eigenvalue weighted by Gasteiger charge is -2.33. The van der Waals surface area contributed by atoms with Crippen molar-refractivity contribution in [2.45, 2.75) is 25.4 Å². The summed E-state index contributed by atoms with van der Waals surface area (Å²) in [6, 6.07) is -0.830. The van der Waals surface area contributed by atoms with E-state index in [4.69, 9.17) is 4.74 Å². The minimum absolute atomic E-state index is 0.134. The fraction of sp³-hybridized carbons (Fsp3) is 0.583. The number of carbonyl (C=O) groups is 2. The zero-order chi connectivity index (χ0) is 13.4. The second-order valence-corrected chi connectivity index (χ2v) is 4.91. The van der Waals surface area contributed by atoms with Crippen molar-refractivity contribution in [3.63, 3.8) is 0 Å². The van der Waals surface area contributed by atoms with Crippen molar-refractivity contribution in [1.29, 1.82) is 0 Å². The number of amides is 1. The molecule has 2 N–H and O–H groups in total. The van der Waals surface area contributed by atoms with E-state index in [0.717, 1.165) is 11.4 Å². The van der Waals surface area contributed by atoms with Crippen LogP contribution in [0.2, 0.25) is 0 Å². The summed E-state index contributed by atoms with van der Waals surface area (Å²) >= 11 is 0. The molecular weight excluding hydrogens is 250 g/mol. The number of carboxylic acid groups (broad SMARTS) is 1. The smallest absolute Gasteiger partial charge is 0.326 e. The molecule has 0 saturated carbocycles. The van der Waals surface area contributed by atoms with E-state index in [1.807, 2.05) is 0 Å². The summed E-state index contributed by atoms with van der Waals surface area (Å²) in [5.41, 5.74) is 1.56. The highest BCUT2D eigenvalue weighted by Gasteiger charge is 2.39. The second-order valence-electron chi connectivity index (χ2n) is 4.91. The standard InChI is InChI=1S/C12H15N3O4/c16-11(7-1-2-19-5-7)15-4-9-8(13-6-14-9)3-10(15)12(17)18/h6-7,10H,1-5H2,(H,13,14)(H,17,18). The lowest BCUT2D eigenvalue weighted by molar-refractivity contribution is -0.153. The summed E-state index contributed by atoms with van der Waals surface area (Å²) in [7, 11) is 0. The van der Waals surface area contributed by atoms with Gasteiger partial charge in [0.05, 0.1) is 36.8 Å². The molecule has 1 amide bonds. The van der Waals surface area contributed by atoms with E-state index in [1.54, 1.807) is 0 Å². The van der Waals surface area contributed by atoms with Gasteiger partial charge in [-0.3, -0.25) is 4.79 Å². The number of aliphatic carboxylic acids is 1. The van der Waals surface area contributed by atoms with Crippen molar-refractivity contribution in [3.05, 3.63) is 17.7 Å². The predicted octanol–water partition coefficient (Wildman–Crippen LogP) is -0.216. The number of ether oxygens (including phenoxy) is 1. The summed E-state index contributed by atoms with van der Waals surface area (Å²) in [6.45, 7) is 1.23. The van der Waals surface area contributed by atoms with E-state index in [2.05, 4.69) is 9.97 Å². The van der Waals surface area contributed by atoms with E-state index >= 15 is 0 Å². The lowest BCUT2D eigenvalue weighted by atomic mass is 9.99. The zero-order valence-corrected chi connectivity index (χ0v) is 10.3. The van der Waals surface area contributed by atoms with Crippen molar-refractivity contribution in [1.82, 2.24) is 14.9 Å². The number of H-pyrrole nitrogens is 1. The SMILES string of the molecule is O=C(O)C1Cc2nc[nH]c2CN1C(=O)C1CCOC1. The maximum absolute atomic E-state index is 12.4. The van der Waals surface area contributed by atoms with E-state index < -0.39 is 12.0 Å². The van der Waals surface area contributed by atoms with Gasteiger partial charge in [-0.2, -0.15) is 0 Å². The zero-order valence-electron chi connectivity index (χ0n) is 10.3. The third-order valence-corrected chi connectivity index (χ3v) is 3.75. The van der Waals surface area contributed by atoms with Crippen LogP contribution in [0.5, 0.6) is 0 Å². The summed E-state index contributed by atoms with van der Waals surface area (Å²) < 4.78 is 5.20. The monoisotopic (exact) mass is 265 g/mol. The molecule has 0 radical (unpaired) electrons. The Hall–Kier alpha value is -1.89. The fourth-order valence-electron chi connectivity index (χ4n) is 2.65. The Morgan fingerprint density at radius 1 is 1.53 bits per heavy atom. The number of aromatic amines is 1. The van der Waals surface area contributed by atoms with Gasteiger partial charge in [-0.05, 0) is 6.42 Å². The van der Waals surface area contributed by atoms with Crippen LogP contribution >= 0.6 is 0 Å². The molecule has 2 unspecified atom stereocenters. The molecule has 1 saturated heterocycles. The van der Waals surface area contributed by atoms with Crippen molar-refractivity contribution in [3.8, 4) is 0 Å². The van der Waals surface area contributed by atoms with Crippen LogP contribution in [-0.2, 0) is 27.3 Å². The molecule has 1 fully saturated rings. The topological polar surface area (TPSA) is 95.5 Å². The molecule has 19 heavy (non-hydrogen) atoms. The Morgan fingerprint density at radius 3 is 3.05 bits per heavy atom. The van der Waals surface area contributed by atoms with Gasteiger partial charge in [-0.1, -0.05) is 0 Å². The van der Waals surface area contributed by atoms with Crippen LogP contribution in [0.1, 0.15) is 17.8 Å². The molecule has 3 rings (SSSR count). The van der Waals surface area contributed by atoms with Gasteiger partial charge >= 0.3 is 5.97 Å². The van der Waals surface area contributed by atoms with Crippen LogP contribution < -0.4 is 0 Å². The van der Waals surface area contributed by atoms with Gasteiger partial charge in [0.15, 0.2) is 0 Å². The average molecular weight is 265 g/mol. The Bertz CT molecular complexity index is 507. The van der Waals surface area contributed by atoms with Gasteiger partial charge in [0.1, 0.15) is 6.04 Å². The summed E-state index contributed by atoms with van der Waals surface area (Å²) in [4.78, 5) is 32.2. The molecule has 102 valence electrons. The number of carboxylic acids is 1. The van der Waals surface area contributed by atoms with E-state index in [-0.39, 0.29) is 24.8 Å². The van der Waals surface area contributed by atoms with Crippen molar-refractivity contribution in [2.75, 3.05) is 13.2 Å². The molecule has 1 aromatic heterocycles. The maximum Gasteiger partial charge on any atom is 0.326 e. The molecule has 3 heterocycles. The summed E-state index contributed by atoms with van der Waals surface area (Å²) in [5.74, 6) is -1.34. The highest BCUT2D eigenvalue weighted by molar-refractivity contribution is 5.86. The molecule has 0 aliphatic carbocycles. The Balaban J connectivity index is 1.85. The second kappa shape index (κ2) is 4.65. The molecule has 2 aliphatic heterocycles. The number of aromatic nitrogens is 2. The van der Waals surface area contributed by atoms with Gasteiger partial charge in [-0.25, -0.2) is 9.78 Å². The highest BCUT2D eigenvalue weighted by atomic mass is 16.5. The fourth-order valence-corrected chi connectivity index (χ4v) is 2.65. The minimum Gasteiger partial charge on any atom is -0.480 e. The molecule has 2 atom stereocenters. The first-order chi connectivity index (χ1) is 9.16. The van der Waals surface area contributed by atoms with Gasteiger partial charge in [-0.15, -0.1) is 0 Å². The molecule has 2 aliphatic rings.